The molecule has 0 aliphatic rings. The molecule has 36 heavy (non-hydrogen) atoms. The second-order valence-electron chi connectivity index (χ2n) is 9.60. The molecule has 10 heteroatoms. The first-order valence-corrected chi connectivity index (χ1v) is 14.4. The van der Waals surface area contributed by atoms with Crippen LogP contribution in [-0.2, 0) is 26.2 Å². The summed E-state index contributed by atoms with van der Waals surface area (Å²) >= 11 is 12.2. The molecule has 1 atom stereocenters. The van der Waals surface area contributed by atoms with Gasteiger partial charge in [0.15, 0.2) is 0 Å². The van der Waals surface area contributed by atoms with E-state index in [1.165, 1.54) is 4.90 Å². The third-order valence-corrected chi connectivity index (χ3v) is 7.60. The Labute approximate surface area is 224 Å². The summed E-state index contributed by atoms with van der Waals surface area (Å²) in [6, 6.07) is 11.2. The number of benzene rings is 2. The minimum absolute atomic E-state index is 0.0515. The monoisotopic (exact) mass is 555 g/mol. The highest BCUT2D eigenvalue weighted by Gasteiger charge is 2.30. The van der Waals surface area contributed by atoms with Gasteiger partial charge in [-0.25, -0.2) is 8.42 Å². The fourth-order valence-corrected chi connectivity index (χ4v) is 4.68. The van der Waals surface area contributed by atoms with E-state index in [1.54, 1.807) is 37.3 Å². The van der Waals surface area contributed by atoms with Gasteiger partial charge in [0.05, 0.1) is 22.0 Å². The smallest absolute Gasteiger partial charge is 0.244 e. The first kappa shape index (κ1) is 29.9. The molecule has 0 saturated heterocycles. The van der Waals surface area contributed by atoms with E-state index < -0.39 is 28.5 Å². The van der Waals surface area contributed by atoms with Crippen molar-refractivity contribution in [3.63, 3.8) is 0 Å². The van der Waals surface area contributed by atoms with Crippen molar-refractivity contribution in [3.05, 3.63) is 63.6 Å². The van der Waals surface area contributed by atoms with Crippen molar-refractivity contribution in [1.29, 1.82) is 0 Å². The highest BCUT2D eigenvalue weighted by atomic mass is 35.5. The summed E-state index contributed by atoms with van der Waals surface area (Å²) in [7, 11) is -3.79. The van der Waals surface area contributed by atoms with Crippen LogP contribution in [0.2, 0.25) is 10.0 Å². The van der Waals surface area contributed by atoms with Crippen molar-refractivity contribution >= 4 is 50.7 Å². The van der Waals surface area contributed by atoms with Crippen molar-refractivity contribution in [1.82, 2.24) is 10.2 Å². The molecular weight excluding hydrogens is 521 g/mol. The SMILES string of the molecule is CC(C)CNC(=O)C(C)N(Cc1ccc(Cl)c(Cl)c1)C(=O)CN(c1ccc(C(C)C)cc1)S(C)(=O)=O. The number of carbonyl (C=O) groups excluding carboxylic acids is 2. The van der Waals surface area contributed by atoms with Crippen molar-refractivity contribution in [2.75, 3.05) is 23.7 Å². The normalized spacial score (nSPS) is 12.5. The Kier molecular flexibility index (Phi) is 10.6. The largest absolute Gasteiger partial charge is 0.354 e. The van der Waals surface area contributed by atoms with E-state index in [9.17, 15) is 18.0 Å². The van der Waals surface area contributed by atoms with E-state index in [0.29, 0.717) is 27.8 Å². The molecule has 2 amide bonds. The predicted molar refractivity (Wildman–Crippen MR) is 147 cm³/mol. The van der Waals surface area contributed by atoms with E-state index in [0.717, 1.165) is 16.1 Å². The molecule has 1 unspecified atom stereocenters. The maximum atomic E-state index is 13.6. The number of carbonyl (C=O) groups is 2. The summed E-state index contributed by atoms with van der Waals surface area (Å²) in [4.78, 5) is 27.8. The lowest BCUT2D eigenvalue weighted by atomic mass is 10.0. The molecule has 1 N–H and O–H groups in total. The first-order chi connectivity index (χ1) is 16.7. The average molecular weight is 557 g/mol. The van der Waals surface area contributed by atoms with Gasteiger partial charge in [-0.3, -0.25) is 13.9 Å². The van der Waals surface area contributed by atoms with Crippen LogP contribution >= 0.6 is 23.2 Å². The molecule has 2 rings (SSSR count). The van der Waals surface area contributed by atoms with E-state index in [2.05, 4.69) is 5.32 Å². The van der Waals surface area contributed by atoms with Gasteiger partial charge in [0, 0.05) is 13.1 Å². The molecule has 7 nitrogen and oxygen atoms in total. The highest BCUT2D eigenvalue weighted by molar-refractivity contribution is 7.92. The number of anilines is 1. The predicted octanol–water partition coefficient (Wildman–Crippen LogP) is 5.07. The number of nitrogens with one attached hydrogen (secondary N) is 1. The molecule has 0 spiro atoms. The van der Waals surface area contributed by atoms with Gasteiger partial charge in [0.2, 0.25) is 21.8 Å². The molecule has 2 aromatic carbocycles. The fraction of sp³-hybridized carbons (Fsp3) is 0.462. The molecule has 0 aliphatic carbocycles. The molecular formula is C26H35Cl2N3O4S. The topological polar surface area (TPSA) is 86.8 Å². The zero-order chi connectivity index (χ0) is 27.2. The minimum atomic E-state index is -3.79. The van der Waals surface area contributed by atoms with Gasteiger partial charge in [-0.1, -0.05) is 69.1 Å². The van der Waals surface area contributed by atoms with Crippen LogP contribution in [0.4, 0.5) is 5.69 Å². The second-order valence-corrected chi connectivity index (χ2v) is 12.3. The second kappa shape index (κ2) is 12.8. The van der Waals surface area contributed by atoms with E-state index in [4.69, 9.17) is 23.2 Å². The van der Waals surface area contributed by atoms with Crippen LogP contribution in [-0.4, -0.2) is 50.5 Å². The maximum Gasteiger partial charge on any atom is 0.244 e. The maximum absolute atomic E-state index is 13.6. The Balaban J connectivity index is 2.39. The lowest BCUT2D eigenvalue weighted by molar-refractivity contribution is -0.139. The van der Waals surface area contributed by atoms with Crippen LogP contribution in [0.1, 0.15) is 51.7 Å². The third-order valence-electron chi connectivity index (χ3n) is 5.72. The number of amides is 2. The highest BCUT2D eigenvalue weighted by Crippen LogP contribution is 2.25. The van der Waals surface area contributed by atoms with Crippen LogP contribution in [0.25, 0.3) is 0 Å². The number of nitrogens with zero attached hydrogens (tertiary/aromatic N) is 2. The lowest BCUT2D eigenvalue weighted by Crippen LogP contribution is -2.51. The van der Waals surface area contributed by atoms with Crippen LogP contribution < -0.4 is 9.62 Å². The summed E-state index contributed by atoms with van der Waals surface area (Å²) in [6.45, 7) is 9.69. The Bertz CT molecular complexity index is 1170. The van der Waals surface area contributed by atoms with Crippen LogP contribution in [0, 0.1) is 5.92 Å². The Hall–Kier alpha value is -2.29. The van der Waals surface area contributed by atoms with Gasteiger partial charge in [0.1, 0.15) is 12.6 Å². The van der Waals surface area contributed by atoms with Crippen LogP contribution in [0.5, 0.6) is 0 Å². The van der Waals surface area contributed by atoms with Crippen molar-refractivity contribution in [2.45, 2.75) is 53.1 Å². The number of hydrogen-bond donors (Lipinski definition) is 1. The molecule has 0 saturated carbocycles. The summed E-state index contributed by atoms with van der Waals surface area (Å²) in [5.41, 5.74) is 2.09. The molecule has 0 radical (unpaired) electrons. The van der Waals surface area contributed by atoms with Crippen molar-refractivity contribution in [2.24, 2.45) is 5.92 Å². The number of halogens is 2. The van der Waals surface area contributed by atoms with Crippen LogP contribution in [0.15, 0.2) is 42.5 Å². The molecule has 0 aliphatic heterocycles. The summed E-state index contributed by atoms with van der Waals surface area (Å²) in [5, 5.41) is 3.53. The Morgan fingerprint density at radius 2 is 1.56 bits per heavy atom. The van der Waals surface area contributed by atoms with E-state index in [-0.39, 0.29) is 24.3 Å². The Morgan fingerprint density at radius 3 is 2.06 bits per heavy atom. The fourth-order valence-electron chi connectivity index (χ4n) is 3.51. The molecule has 0 heterocycles. The summed E-state index contributed by atoms with van der Waals surface area (Å²) < 4.78 is 26.4. The number of sulfonamides is 1. The molecule has 2 aromatic rings. The quantitative estimate of drug-likeness (QED) is 0.419. The zero-order valence-electron chi connectivity index (χ0n) is 21.6. The van der Waals surface area contributed by atoms with E-state index >= 15 is 0 Å². The lowest BCUT2D eigenvalue weighted by Gasteiger charge is -2.31. The molecule has 0 aromatic heterocycles. The minimum Gasteiger partial charge on any atom is -0.354 e. The summed E-state index contributed by atoms with van der Waals surface area (Å²) in [6.07, 6.45) is 1.05. The standard InChI is InChI=1S/C26H35Cl2N3O4S/c1-17(2)14-29-26(33)19(5)30(15-20-7-12-23(27)24(28)13-20)25(32)16-31(36(6,34)35)22-10-8-21(9-11-22)18(3)4/h7-13,17-19H,14-16H2,1-6H3,(H,29,33). The first-order valence-electron chi connectivity index (χ1n) is 11.8. The number of hydrogen-bond acceptors (Lipinski definition) is 4. The number of rotatable bonds is 11. The molecule has 198 valence electrons. The van der Waals surface area contributed by atoms with Gasteiger partial charge in [-0.2, -0.15) is 0 Å². The average Bonchev–Trinajstić information content (AvgIpc) is 2.80. The van der Waals surface area contributed by atoms with Gasteiger partial charge >= 0.3 is 0 Å². The van der Waals surface area contributed by atoms with Gasteiger partial charge in [-0.15, -0.1) is 0 Å². The molecule has 0 fully saturated rings. The van der Waals surface area contributed by atoms with Crippen molar-refractivity contribution < 1.29 is 18.0 Å². The van der Waals surface area contributed by atoms with E-state index in [1.807, 2.05) is 39.8 Å². The van der Waals surface area contributed by atoms with Crippen molar-refractivity contribution in [3.8, 4) is 0 Å². The van der Waals surface area contributed by atoms with Gasteiger partial charge in [-0.05, 0) is 54.2 Å². The van der Waals surface area contributed by atoms with Crippen LogP contribution in [0.3, 0.4) is 0 Å². The Morgan fingerprint density at radius 1 is 0.944 bits per heavy atom. The zero-order valence-corrected chi connectivity index (χ0v) is 23.9. The third kappa shape index (κ3) is 8.39. The summed E-state index contributed by atoms with van der Waals surface area (Å²) in [5.74, 6) is -0.342. The molecule has 0 bridgehead atoms. The van der Waals surface area contributed by atoms with Gasteiger partial charge < -0.3 is 10.2 Å². The van der Waals surface area contributed by atoms with Gasteiger partial charge in [0.25, 0.3) is 0 Å².